The van der Waals surface area contributed by atoms with Gasteiger partial charge < -0.3 is 16.5 Å². The maximum Gasteiger partial charge on any atom is 0.316 e. The summed E-state index contributed by atoms with van der Waals surface area (Å²) in [5.41, 5.74) is 4.70. The SMILES string of the molecule is N=C/C(Br)=C\NC(N)=O. The van der Waals surface area contributed by atoms with Gasteiger partial charge in [0, 0.05) is 12.4 Å². The fourth-order valence-electron chi connectivity index (χ4n) is 0.182. The first-order valence-electron chi connectivity index (χ1n) is 2.09. The summed E-state index contributed by atoms with van der Waals surface area (Å²) in [6, 6.07) is -0.645. The van der Waals surface area contributed by atoms with Gasteiger partial charge in [0.2, 0.25) is 0 Å². The number of primary amides is 1. The van der Waals surface area contributed by atoms with Gasteiger partial charge in [-0.15, -0.1) is 0 Å². The molecule has 4 nitrogen and oxygen atoms in total. The van der Waals surface area contributed by atoms with E-state index in [9.17, 15) is 4.79 Å². The number of hydrogen-bond acceptors (Lipinski definition) is 2. The van der Waals surface area contributed by atoms with Crippen LogP contribution < -0.4 is 11.1 Å². The number of hydrogen-bond donors (Lipinski definition) is 3. The monoisotopic (exact) mass is 191 g/mol. The van der Waals surface area contributed by atoms with Gasteiger partial charge in [0.05, 0.1) is 4.48 Å². The predicted octanol–water partition coefficient (Wildman–Crippen LogP) is 0.541. The summed E-state index contributed by atoms with van der Waals surface area (Å²) >= 11 is 2.95. The smallest absolute Gasteiger partial charge is 0.316 e. The molecule has 4 N–H and O–H groups in total. The van der Waals surface area contributed by atoms with Gasteiger partial charge in [0.15, 0.2) is 0 Å². The molecule has 0 aliphatic heterocycles. The molecule has 2 amide bonds. The Kier molecular flexibility index (Phi) is 3.70. The first kappa shape index (κ1) is 8.16. The molecule has 0 saturated heterocycles. The summed E-state index contributed by atoms with van der Waals surface area (Å²) in [5.74, 6) is 0. The largest absolute Gasteiger partial charge is 0.351 e. The van der Waals surface area contributed by atoms with E-state index in [4.69, 9.17) is 11.1 Å². The first-order chi connectivity index (χ1) is 4.16. The van der Waals surface area contributed by atoms with E-state index in [1.54, 1.807) is 0 Å². The van der Waals surface area contributed by atoms with E-state index < -0.39 is 6.03 Å². The summed E-state index contributed by atoms with van der Waals surface area (Å²) in [6.45, 7) is 0. The standard InChI is InChI=1S/C4H6BrN3O/c5-3(1-6)2-8-4(7)9/h1-2,6H,(H3,7,8,9)/b3-2+,6-1?. The van der Waals surface area contributed by atoms with Crippen molar-refractivity contribution in [3.05, 3.63) is 10.7 Å². The lowest BCUT2D eigenvalue weighted by molar-refractivity contribution is 0.252. The minimum absolute atomic E-state index is 0.460. The van der Waals surface area contributed by atoms with Crippen molar-refractivity contribution >= 4 is 28.2 Å². The van der Waals surface area contributed by atoms with E-state index in [1.807, 2.05) is 0 Å². The van der Waals surface area contributed by atoms with Crippen LogP contribution in [0.5, 0.6) is 0 Å². The third-order valence-corrected chi connectivity index (χ3v) is 0.948. The highest BCUT2D eigenvalue weighted by Gasteiger charge is 1.85. The van der Waals surface area contributed by atoms with Crippen LogP contribution in [0.3, 0.4) is 0 Å². The second-order valence-corrected chi connectivity index (χ2v) is 2.10. The summed E-state index contributed by atoms with van der Waals surface area (Å²) < 4.78 is 0.460. The Bertz CT molecular complexity index is 154. The fraction of sp³-hybridized carbons (Fsp3) is 0. The van der Waals surface area contributed by atoms with Crippen molar-refractivity contribution in [2.45, 2.75) is 0 Å². The molecule has 0 radical (unpaired) electrons. The number of nitrogens with two attached hydrogens (primary N) is 1. The summed E-state index contributed by atoms with van der Waals surface area (Å²) in [4.78, 5) is 9.99. The van der Waals surface area contributed by atoms with E-state index >= 15 is 0 Å². The molecule has 0 aromatic heterocycles. The molecule has 5 heteroatoms. The van der Waals surface area contributed by atoms with Gasteiger partial charge in [-0.3, -0.25) is 0 Å². The molecule has 0 spiro atoms. The van der Waals surface area contributed by atoms with E-state index in [1.165, 1.54) is 6.20 Å². The molecular weight excluding hydrogens is 186 g/mol. The van der Waals surface area contributed by atoms with Crippen molar-refractivity contribution in [3.63, 3.8) is 0 Å². The van der Waals surface area contributed by atoms with Crippen LogP contribution in [0.25, 0.3) is 0 Å². The molecule has 0 aliphatic rings. The normalized spacial score (nSPS) is 10.6. The number of carbonyl (C=O) groups is 1. The molecule has 0 rings (SSSR count). The number of allylic oxidation sites excluding steroid dienone is 1. The van der Waals surface area contributed by atoms with Crippen LogP contribution in [0.1, 0.15) is 0 Å². The van der Waals surface area contributed by atoms with Crippen LogP contribution in [0.2, 0.25) is 0 Å². The summed E-state index contributed by atoms with van der Waals surface area (Å²) in [6.07, 6.45) is 2.32. The molecule has 0 unspecified atom stereocenters. The number of amides is 2. The van der Waals surface area contributed by atoms with Gasteiger partial charge in [0.25, 0.3) is 0 Å². The van der Waals surface area contributed by atoms with Crippen molar-refractivity contribution in [2.75, 3.05) is 0 Å². The lowest BCUT2D eigenvalue weighted by Crippen LogP contribution is -2.24. The van der Waals surface area contributed by atoms with Crippen LogP contribution >= 0.6 is 15.9 Å². The van der Waals surface area contributed by atoms with E-state index in [-0.39, 0.29) is 0 Å². The van der Waals surface area contributed by atoms with Crippen LogP contribution in [-0.4, -0.2) is 12.2 Å². The lowest BCUT2D eigenvalue weighted by Gasteiger charge is -1.89. The van der Waals surface area contributed by atoms with Gasteiger partial charge in [-0.1, -0.05) is 0 Å². The topological polar surface area (TPSA) is 79.0 Å². The molecule has 0 fully saturated rings. The number of carbonyl (C=O) groups excluding carboxylic acids is 1. The Labute approximate surface area is 60.7 Å². The van der Waals surface area contributed by atoms with E-state index in [0.29, 0.717) is 4.48 Å². The highest BCUT2D eigenvalue weighted by Crippen LogP contribution is 1.96. The fourth-order valence-corrected chi connectivity index (χ4v) is 0.296. The zero-order chi connectivity index (χ0) is 7.28. The third-order valence-electron chi connectivity index (χ3n) is 0.490. The van der Waals surface area contributed by atoms with Gasteiger partial charge in [-0.05, 0) is 15.9 Å². The Morgan fingerprint density at radius 2 is 2.33 bits per heavy atom. The quantitative estimate of drug-likeness (QED) is 0.548. The number of urea groups is 1. The number of halogens is 1. The molecule has 0 bridgehead atoms. The Morgan fingerprint density at radius 1 is 1.78 bits per heavy atom. The summed E-state index contributed by atoms with van der Waals surface area (Å²) in [7, 11) is 0. The number of nitrogens with one attached hydrogen (secondary N) is 2. The second kappa shape index (κ2) is 4.08. The highest BCUT2D eigenvalue weighted by molar-refractivity contribution is 9.12. The first-order valence-corrected chi connectivity index (χ1v) is 2.88. The third kappa shape index (κ3) is 5.02. The molecule has 0 aromatic carbocycles. The molecule has 0 saturated carbocycles. The van der Waals surface area contributed by atoms with Crippen molar-refractivity contribution in [1.29, 1.82) is 5.41 Å². The molecule has 9 heavy (non-hydrogen) atoms. The molecular formula is C4H6BrN3O. The van der Waals surface area contributed by atoms with Crippen molar-refractivity contribution in [1.82, 2.24) is 5.32 Å². The van der Waals surface area contributed by atoms with Crippen molar-refractivity contribution in [2.24, 2.45) is 5.73 Å². The van der Waals surface area contributed by atoms with Crippen LogP contribution in [0.4, 0.5) is 4.79 Å². The minimum atomic E-state index is -0.645. The molecule has 0 atom stereocenters. The molecule has 0 aliphatic carbocycles. The lowest BCUT2D eigenvalue weighted by atomic mass is 10.6. The minimum Gasteiger partial charge on any atom is -0.351 e. The van der Waals surface area contributed by atoms with Gasteiger partial charge in [0.1, 0.15) is 0 Å². The van der Waals surface area contributed by atoms with Crippen LogP contribution in [0.15, 0.2) is 10.7 Å². The highest BCUT2D eigenvalue weighted by atomic mass is 79.9. The maximum atomic E-state index is 9.99. The van der Waals surface area contributed by atoms with Crippen LogP contribution in [0, 0.1) is 5.41 Å². The molecule has 50 valence electrons. The predicted molar refractivity (Wildman–Crippen MR) is 38.5 cm³/mol. The van der Waals surface area contributed by atoms with Crippen molar-refractivity contribution in [3.8, 4) is 0 Å². The van der Waals surface area contributed by atoms with E-state index in [0.717, 1.165) is 6.21 Å². The van der Waals surface area contributed by atoms with Gasteiger partial charge in [-0.2, -0.15) is 0 Å². The average molecular weight is 192 g/mol. The van der Waals surface area contributed by atoms with E-state index in [2.05, 4.69) is 21.2 Å². The summed E-state index contributed by atoms with van der Waals surface area (Å²) in [5, 5.41) is 8.80. The number of rotatable bonds is 2. The Morgan fingerprint density at radius 3 is 2.67 bits per heavy atom. The van der Waals surface area contributed by atoms with Gasteiger partial charge >= 0.3 is 6.03 Å². The van der Waals surface area contributed by atoms with Crippen LogP contribution in [-0.2, 0) is 0 Å². The zero-order valence-electron chi connectivity index (χ0n) is 4.52. The molecule has 0 heterocycles. The second-order valence-electron chi connectivity index (χ2n) is 1.18. The molecule has 0 aromatic rings. The Balaban J connectivity index is 3.69. The Hall–Kier alpha value is -0.840. The average Bonchev–Trinajstić information content (AvgIpc) is 1.83. The van der Waals surface area contributed by atoms with Crippen molar-refractivity contribution < 1.29 is 4.79 Å². The van der Waals surface area contributed by atoms with Gasteiger partial charge in [-0.25, -0.2) is 4.79 Å². The zero-order valence-corrected chi connectivity index (χ0v) is 6.10. The maximum absolute atomic E-state index is 9.99.